The zero-order valence-electron chi connectivity index (χ0n) is 12.4. The van der Waals surface area contributed by atoms with Crippen LogP contribution in [-0.4, -0.2) is 16.6 Å². The summed E-state index contributed by atoms with van der Waals surface area (Å²) in [6.07, 6.45) is 0. The van der Waals surface area contributed by atoms with Crippen LogP contribution in [0.15, 0.2) is 53.4 Å². The van der Waals surface area contributed by atoms with Gasteiger partial charge in [-0.05, 0) is 32.0 Å². The summed E-state index contributed by atoms with van der Waals surface area (Å²) in [4.78, 5) is 0.810. The highest BCUT2D eigenvalue weighted by Crippen LogP contribution is 2.25. The zero-order valence-corrected chi connectivity index (χ0v) is 13.2. The molecule has 0 bridgehead atoms. The molecule has 21 heavy (non-hydrogen) atoms. The van der Waals surface area contributed by atoms with Gasteiger partial charge in [-0.1, -0.05) is 35.9 Å². The van der Waals surface area contributed by atoms with E-state index < -0.39 is 10.8 Å². The van der Waals surface area contributed by atoms with Crippen molar-refractivity contribution in [3.8, 4) is 5.75 Å². The Morgan fingerprint density at radius 3 is 2.48 bits per heavy atom. The average molecular weight is 303 g/mol. The van der Waals surface area contributed by atoms with Crippen molar-refractivity contribution in [1.82, 2.24) is 0 Å². The highest BCUT2D eigenvalue weighted by atomic mass is 32.2. The second-order valence-electron chi connectivity index (χ2n) is 4.90. The van der Waals surface area contributed by atoms with Gasteiger partial charge in [-0.3, -0.25) is 4.21 Å². The molecule has 0 aliphatic carbocycles. The molecule has 0 amide bonds. The molecule has 2 aromatic rings. The van der Waals surface area contributed by atoms with Crippen LogP contribution in [0.5, 0.6) is 5.75 Å². The third-order valence-electron chi connectivity index (χ3n) is 3.23. The molecule has 0 fully saturated rings. The van der Waals surface area contributed by atoms with Gasteiger partial charge in [0.05, 0.1) is 17.4 Å². The molecule has 3 nitrogen and oxygen atoms in total. The highest BCUT2D eigenvalue weighted by molar-refractivity contribution is 7.85. The molecule has 2 atom stereocenters. The highest BCUT2D eigenvalue weighted by Gasteiger charge is 2.15. The van der Waals surface area contributed by atoms with Crippen LogP contribution in [-0.2, 0) is 10.8 Å². The molecule has 0 spiro atoms. The van der Waals surface area contributed by atoms with Gasteiger partial charge in [0.15, 0.2) is 0 Å². The minimum Gasteiger partial charge on any atom is -0.494 e. The number of para-hydroxylation sites is 1. The Labute approximate surface area is 128 Å². The summed E-state index contributed by atoms with van der Waals surface area (Å²) < 4.78 is 18.0. The van der Waals surface area contributed by atoms with Crippen LogP contribution in [0.3, 0.4) is 0 Å². The second kappa shape index (κ2) is 7.38. The van der Waals surface area contributed by atoms with Crippen molar-refractivity contribution >= 4 is 10.8 Å². The zero-order chi connectivity index (χ0) is 15.2. The topological polar surface area (TPSA) is 52.3 Å². The Morgan fingerprint density at radius 1 is 1.14 bits per heavy atom. The fraction of sp³-hybridized carbons (Fsp3) is 0.294. The van der Waals surface area contributed by atoms with Gasteiger partial charge in [-0.2, -0.15) is 0 Å². The van der Waals surface area contributed by atoms with Crippen LogP contribution in [0.2, 0.25) is 0 Å². The molecule has 0 aliphatic heterocycles. The molecule has 112 valence electrons. The molecule has 0 radical (unpaired) electrons. The number of ether oxygens (including phenoxy) is 1. The lowest BCUT2D eigenvalue weighted by Crippen LogP contribution is -2.19. The lowest BCUT2D eigenvalue weighted by atomic mass is 10.1. The van der Waals surface area contributed by atoms with Gasteiger partial charge >= 0.3 is 0 Å². The second-order valence-corrected chi connectivity index (χ2v) is 6.40. The van der Waals surface area contributed by atoms with Crippen LogP contribution in [0.25, 0.3) is 0 Å². The van der Waals surface area contributed by atoms with Crippen molar-refractivity contribution in [2.45, 2.75) is 24.8 Å². The number of aryl methyl sites for hydroxylation is 1. The minimum absolute atomic E-state index is 0.310. The lowest BCUT2D eigenvalue weighted by molar-refractivity contribution is 0.335. The maximum absolute atomic E-state index is 12.4. The van der Waals surface area contributed by atoms with E-state index in [1.54, 1.807) is 0 Å². The summed E-state index contributed by atoms with van der Waals surface area (Å²) >= 11 is 0. The largest absolute Gasteiger partial charge is 0.494 e. The summed E-state index contributed by atoms with van der Waals surface area (Å²) in [6, 6.07) is 15.1. The molecule has 0 aliphatic rings. The summed E-state index contributed by atoms with van der Waals surface area (Å²) in [5.41, 5.74) is 8.28. The molecule has 0 saturated heterocycles. The van der Waals surface area contributed by atoms with Crippen molar-refractivity contribution in [1.29, 1.82) is 0 Å². The van der Waals surface area contributed by atoms with E-state index in [1.807, 2.05) is 62.4 Å². The smallest absolute Gasteiger partial charge is 0.124 e. The van der Waals surface area contributed by atoms with Crippen molar-refractivity contribution in [3.05, 3.63) is 59.7 Å². The van der Waals surface area contributed by atoms with E-state index in [0.717, 1.165) is 21.8 Å². The Morgan fingerprint density at radius 2 is 1.81 bits per heavy atom. The Kier molecular flexibility index (Phi) is 5.53. The summed E-state index contributed by atoms with van der Waals surface area (Å²) in [6.45, 7) is 4.54. The first-order valence-electron chi connectivity index (χ1n) is 7.04. The first-order valence-corrected chi connectivity index (χ1v) is 8.36. The van der Waals surface area contributed by atoms with E-state index >= 15 is 0 Å². The standard InChI is InChI=1S/C17H21NO2S/c1-3-20-17-7-5-4-6-15(17)16(18)12-21(19)14-10-8-13(2)9-11-14/h4-11,16H,3,12,18H2,1-2H3. The molecule has 0 saturated carbocycles. The number of hydrogen-bond donors (Lipinski definition) is 1. The predicted octanol–water partition coefficient (Wildman–Crippen LogP) is 3.20. The lowest BCUT2D eigenvalue weighted by Gasteiger charge is -2.16. The molecule has 2 rings (SSSR count). The van der Waals surface area contributed by atoms with Gasteiger partial charge in [-0.15, -0.1) is 0 Å². The predicted molar refractivity (Wildman–Crippen MR) is 87.0 cm³/mol. The Bertz CT molecular complexity index is 610. The molecule has 2 N–H and O–H groups in total. The molecule has 4 heteroatoms. The quantitative estimate of drug-likeness (QED) is 0.891. The van der Waals surface area contributed by atoms with Crippen LogP contribution in [0.4, 0.5) is 0 Å². The molecule has 0 heterocycles. The number of nitrogens with two attached hydrogens (primary N) is 1. The first kappa shape index (κ1) is 15.7. The Hall–Kier alpha value is -1.65. The van der Waals surface area contributed by atoms with Crippen LogP contribution in [0.1, 0.15) is 24.1 Å². The van der Waals surface area contributed by atoms with E-state index in [1.165, 1.54) is 0 Å². The van der Waals surface area contributed by atoms with E-state index in [-0.39, 0.29) is 6.04 Å². The van der Waals surface area contributed by atoms with E-state index in [9.17, 15) is 4.21 Å². The fourth-order valence-electron chi connectivity index (χ4n) is 2.11. The van der Waals surface area contributed by atoms with Crippen molar-refractivity contribution < 1.29 is 8.95 Å². The van der Waals surface area contributed by atoms with Gasteiger partial charge in [0, 0.05) is 22.3 Å². The molecular formula is C17H21NO2S. The molecular weight excluding hydrogens is 282 g/mol. The third-order valence-corrected chi connectivity index (χ3v) is 4.69. The Balaban J connectivity index is 2.12. The van der Waals surface area contributed by atoms with Gasteiger partial charge in [0.1, 0.15) is 5.75 Å². The molecule has 2 aromatic carbocycles. The van der Waals surface area contributed by atoms with Crippen molar-refractivity contribution in [2.24, 2.45) is 5.73 Å². The minimum atomic E-state index is -1.12. The average Bonchev–Trinajstić information content (AvgIpc) is 2.48. The van der Waals surface area contributed by atoms with Crippen LogP contribution < -0.4 is 10.5 Å². The van der Waals surface area contributed by atoms with Crippen LogP contribution >= 0.6 is 0 Å². The summed E-state index contributed by atoms with van der Waals surface area (Å²) in [7, 11) is -1.12. The van der Waals surface area contributed by atoms with E-state index in [2.05, 4.69) is 0 Å². The summed E-state index contributed by atoms with van der Waals surface area (Å²) in [5.74, 6) is 1.15. The molecule has 0 aromatic heterocycles. The first-order chi connectivity index (χ1) is 10.1. The van der Waals surface area contributed by atoms with E-state index in [0.29, 0.717) is 12.4 Å². The van der Waals surface area contributed by atoms with Gasteiger partial charge < -0.3 is 10.5 Å². The monoisotopic (exact) mass is 303 g/mol. The van der Waals surface area contributed by atoms with Gasteiger partial charge in [0.2, 0.25) is 0 Å². The SMILES string of the molecule is CCOc1ccccc1C(N)CS(=O)c1ccc(C)cc1. The van der Waals surface area contributed by atoms with Crippen molar-refractivity contribution in [2.75, 3.05) is 12.4 Å². The normalized spacial score (nSPS) is 13.7. The maximum atomic E-state index is 12.4. The van der Waals surface area contributed by atoms with E-state index in [4.69, 9.17) is 10.5 Å². The fourth-order valence-corrected chi connectivity index (χ4v) is 3.25. The number of hydrogen-bond acceptors (Lipinski definition) is 3. The molecule has 2 unspecified atom stereocenters. The van der Waals surface area contributed by atoms with Gasteiger partial charge in [0.25, 0.3) is 0 Å². The van der Waals surface area contributed by atoms with Crippen LogP contribution in [0, 0.1) is 6.92 Å². The maximum Gasteiger partial charge on any atom is 0.124 e. The third kappa shape index (κ3) is 4.16. The van der Waals surface area contributed by atoms with Crippen molar-refractivity contribution in [3.63, 3.8) is 0 Å². The number of benzene rings is 2. The number of rotatable bonds is 6. The van der Waals surface area contributed by atoms with Gasteiger partial charge in [-0.25, -0.2) is 0 Å². The summed E-state index contributed by atoms with van der Waals surface area (Å²) in [5, 5.41) is 0.